The minimum absolute atomic E-state index is 0.229. The van der Waals surface area contributed by atoms with E-state index in [2.05, 4.69) is 17.2 Å². The molecule has 0 aliphatic carbocycles. The van der Waals surface area contributed by atoms with Crippen molar-refractivity contribution in [3.63, 3.8) is 0 Å². The molecule has 1 aliphatic heterocycles. The van der Waals surface area contributed by atoms with Crippen LogP contribution in [-0.2, 0) is 6.54 Å². The van der Waals surface area contributed by atoms with Crippen LogP contribution in [0.3, 0.4) is 0 Å². The Kier molecular flexibility index (Phi) is 3.37. The minimum atomic E-state index is 0.229. The summed E-state index contributed by atoms with van der Waals surface area (Å²) in [6.45, 7) is 3.07. The van der Waals surface area contributed by atoms with Crippen molar-refractivity contribution in [3.05, 3.63) is 23.9 Å². The normalized spacial score (nSPS) is 12.7. The van der Waals surface area contributed by atoms with Gasteiger partial charge in [-0.05, 0) is 24.6 Å². The first-order valence-corrected chi connectivity index (χ1v) is 6.62. The number of aromatic nitrogens is 3. The van der Waals surface area contributed by atoms with Crippen molar-refractivity contribution in [2.75, 3.05) is 6.79 Å². The molecule has 0 saturated carbocycles. The second kappa shape index (κ2) is 5.32. The third-order valence-corrected chi connectivity index (χ3v) is 3.24. The number of nitrogens with zero attached hydrogens (tertiary/aromatic N) is 3. The molecule has 2 heterocycles. The van der Waals surface area contributed by atoms with Gasteiger partial charge in [0.1, 0.15) is 0 Å². The van der Waals surface area contributed by atoms with Gasteiger partial charge in [-0.2, -0.15) is 0 Å². The largest absolute Gasteiger partial charge is 0.454 e. The lowest BCUT2D eigenvalue weighted by atomic mass is 10.1. The van der Waals surface area contributed by atoms with Crippen molar-refractivity contribution in [1.29, 1.82) is 0 Å². The van der Waals surface area contributed by atoms with Crippen LogP contribution in [0, 0.1) is 0 Å². The van der Waals surface area contributed by atoms with E-state index in [-0.39, 0.29) is 6.79 Å². The minimum Gasteiger partial charge on any atom is -0.454 e. The highest BCUT2D eigenvalue weighted by Crippen LogP contribution is 2.36. The number of aldehydes is 1. The number of fused-ring (bicyclic) bond motifs is 1. The quantitative estimate of drug-likeness (QED) is 0.782. The number of unbranched alkanes of at least 4 members (excludes halogenated alkanes) is 1. The number of rotatable bonds is 5. The molecule has 0 fully saturated rings. The maximum Gasteiger partial charge on any atom is 0.231 e. The average molecular weight is 273 g/mol. The SMILES string of the molecule is CCCCn1nnc(C=O)c1-c1ccc2c(c1)OCO2. The fourth-order valence-electron chi connectivity index (χ4n) is 2.21. The van der Waals surface area contributed by atoms with Crippen LogP contribution < -0.4 is 9.47 Å². The Hall–Kier alpha value is -2.37. The third kappa shape index (κ3) is 2.13. The van der Waals surface area contributed by atoms with E-state index in [0.717, 1.165) is 36.9 Å². The molecular weight excluding hydrogens is 258 g/mol. The van der Waals surface area contributed by atoms with Gasteiger partial charge in [-0.1, -0.05) is 18.6 Å². The number of aryl methyl sites for hydroxylation is 1. The molecule has 3 rings (SSSR count). The molecule has 0 saturated heterocycles. The van der Waals surface area contributed by atoms with Gasteiger partial charge in [-0.3, -0.25) is 4.79 Å². The van der Waals surface area contributed by atoms with Crippen molar-refractivity contribution in [2.24, 2.45) is 0 Å². The smallest absolute Gasteiger partial charge is 0.231 e. The maximum atomic E-state index is 11.1. The van der Waals surface area contributed by atoms with Gasteiger partial charge in [-0.25, -0.2) is 4.68 Å². The van der Waals surface area contributed by atoms with Crippen LogP contribution in [0.5, 0.6) is 11.5 Å². The molecule has 2 aromatic rings. The van der Waals surface area contributed by atoms with Crippen LogP contribution in [0.4, 0.5) is 0 Å². The molecule has 1 aromatic carbocycles. The van der Waals surface area contributed by atoms with E-state index in [0.29, 0.717) is 17.2 Å². The zero-order valence-corrected chi connectivity index (χ0v) is 11.2. The number of carbonyl (C=O) groups is 1. The van der Waals surface area contributed by atoms with Gasteiger partial charge in [0, 0.05) is 12.1 Å². The third-order valence-electron chi connectivity index (χ3n) is 3.24. The summed E-state index contributed by atoms with van der Waals surface area (Å²) in [4.78, 5) is 11.1. The zero-order valence-electron chi connectivity index (χ0n) is 11.2. The predicted octanol–water partition coefficient (Wildman–Crippen LogP) is 2.29. The molecule has 0 bridgehead atoms. The van der Waals surface area contributed by atoms with Crippen molar-refractivity contribution in [2.45, 2.75) is 26.3 Å². The van der Waals surface area contributed by atoms with Gasteiger partial charge in [0.05, 0.1) is 5.69 Å². The fourth-order valence-corrected chi connectivity index (χ4v) is 2.21. The van der Waals surface area contributed by atoms with Crippen molar-refractivity contribution in [3.8, 4) is 22.8 Å². The predicted molar refractivity (Wildman–Crippen MR) is 71.9 cm³/mol. The summed E-state index contributed by atoms with van der Waals surface area (Å²) < 4.78 is 12.4. The Morgan fingerprint density at radius 1 is 1.35 bits per heavy atom. The van der Waals surface area contributed by atoms with Gasteiger partial charge in [0.2, 0.25) is 6.79 Å². The van der Waals surface area contributed by atoms with E-state index in [4.69, 9.17) is 9.47 Å². The maximum absolute atomic E-state index is 11.1. The summed E-state index contributed by atoms with van der Waals surface area (Å²) in [6.07, 6.45) is 2.77. The van der Waals surface area contributed by atoms with Crippen molar-refractivity contribution < 1.29 is 14.3 Å². The topological polar surface area (TPSA) is 66.2 Å². The van der Waals surface area contributed by atoms with E-state index in [1.807, 2.05) is 18.2 Å². The molecule has 20 heavy (non-hydrogen) atoms. The van der Waals surface area contributed by atoms with Crippen LogP contribution in [-0.4, -0.2) is 28.1 Å². The highest BCUT2D eigenvalue weighted by Gasteiger charge is 2.19. The molecule has 1 aliphatic rings. The molecule has 0 radical (unpaired) electrons. The van der Waals surface area contributed by atoms with Gasteiger partial charge < -0.3 is 9.47 Å². The van der Waals surface area contributed by atoms with Crippen LogP contribution in [0.2, 0.25) is 0 Å². The average Bonchev–Trinajstić information content (AvgIpc) is 3.10. The Morgan fingerprint density at radius 2 is 2.20 bits per heavy atom. The summed E-state index contributed by atoms with van der Waals surface area (Å²) in [5.41, 5.74) is 1.93. The zero-order chi connectivity index (χ0) is 13.9. The first-order chi connectivity index (χ1) is 9.83. The standard InChI is InChI=1S/C14H15N3O3/c1-2-3-6-17-14(11(8-18)15-16-17)10-4-5-12-13(7-10)20-9-19-12/h4-5,7-8H,2-3,6,9H2,1H3. The van der Waals surface area contributed by atoms with Crippen LogP contribution in [0.15, 0.2) is 18.2 Å². The summed E-state index contributed by atoms with van der Waals surface area (Å²) >= 11 is 0. The van der Waals surface area contributed by atoms with Crippen LogP contribution in [0.1, 0.15) is 30.3 Å². The lowest BCUT2D eigenvalue weighted by molar-refractivity contribution is 0.111. The van der Waals surface area contributed by atoms with E-state index in [1.165, 1.54) is 0 Å². The molecule has 0 N–H and O–H groups in total. The van der Waals surface area contributed by atoms with Crippen LogP contribution >= 0.6 is 0 Å². The van der Waals surface area contributed by atoms with Crippen molar-refractivity contribution >= 4 is 6.29 Å². The molecule has 104 valence electrons. The lowest BCUT2D eigenvalue weighted by Gasteiger charge is -2.07. The molecule has 6 nitrogen and oxygen atoms in total. The fraction of sp³-hybridized carbons (Fsp3) is 0.357. The molecule has 1 aromatic heterocycles. The number of benzene rings is 1. The second-order valence-corrected chi connectivity index (χ2v) is 4.59. The molecule has 0 unspecified atom stereocenters. The van der Waals surface area contributed by atoms with E-state index in [9.17, 15) is 4.79 Å². The molecular formula is C14H15N3O3. The van der Waals surface area contributed by atoms with E-state index >= 15 is 0 Å². The van der Waals surface area contributed by atoms with Gasteiger partial charge in [0.25, 0.3) is 0 Å². The van der Waals surface area contributed by atoms with E-state index < -0.39 is 0 Å². The molecule has 0 spiro atoms. The lowest BCUT2D eigenvalue weighted by Crippen LogP contribution is -2.03. The summed E-state index contributed by atoms with van der Waals surface area (Å²) in [5, 5.41) is 7.99. The highest BCUT2D eigenvalue weighted by molar-refractivity contribution is 5.83. The molecule has 0 atom stereocenters. The Labute approximate surface area is 116 Å². The Morgan fingerprint density at radius 3 is 3.00 bits per heavy atom. The summed E-state index contributed by atoms with van der Waals surface area (Å²) in [6, 6.07) is 5.58. The number of hydrogen-bond donors (Lipinski definition) is 0. The second-order valence-electron chi connectivity index (χ2n) is 4.59. The van der Waals surface area contributed by atoms with Gasteiger partial charge in [-0.15, -0.1) is 5.10 Å². The van der Waals surface area contributed by atoms with Gasteiger partial charge in [0.15, 0.2) is 23.5 Å². The van der Waals surface area contributed by atoms with Crippen LogP contribution in [0.25, 0.3) is 11.3 Å². The number of hydrogen-bond acceptors (Lipinski definition) is 5. The summed E-state index contributed by atoms with van der Waals surface area (Å²) in [7, 11) is 0. The monoisotopic (exact) mass is 273 g/mol. The number of ether oxygens (including phenoxy) is 2. The first-order valence-electron chi connectivity index (χ1n) is 6.62. The molecule has 0 amide bonds. The van der Waals surface area contributed by atoms with Crippen molar-refractivity contribution in [1.82, 2.24) is 15.0 Å². The summed E-state index contributed by atoms with van der Waals surface area (Å²) in [5.74, 6) is 1.40. The highest BCUT2D eigenvalue weighted by atomic mass is 16.7. The van der Waals surface area contributed by atoms with Gasteiger partial charge >= 0.3 is 0 Å². The van der Waals surface area contributed by atoms with E-state index in [1.54, 1.807) is 4.68 Å². The number of carbonyl (C=O) groups excluding carboxylic acids is 1. The molecule has 6 heteroatoms. The first kappa shape index (κ1) is 12.7. The Balaban J connectivity index is 2.03. The Bertz CT molecular complexity index is 637.